The number of halogens is 3. The summed E-state index contributed by atoms with van der Waals surface area (Å²) in [6.07, 6.45) is 2.52. The van der Waals surface area contributed by atoms with Crippen molar-refractivity contribution in [2.24, 2.45) is 5.10 Å². The van der Waals surface area contributed by atoms with Crippen molar-refractivity contribution in [3.05, 3.63) is 38.8 Å². The Morgan fingerprint density at radius 2 is 1.91 bits per heavy atom. The first-order valence-electron chi connectivity index (χ1n) is 10.2. The topological polar surface area (TPSA) is 95.3 Å². The zero-order valence-electron chi connectivity index (χ0n) is 17.2. The molecule has 4 rings (SSSR count). The third-order valence-electron chi connectivity index (χ3n) is 5.19. The molecule has 0 aliphatic carbocycles. The smallest absolute Gasteiger partial charge is 0.243 e. The quantitative estimate of drug-likeness (QED) is 0.436. The molecule has 1 aromatic carbocycles. The first-order valence-corrected chi connectivity index (χ1v) is 11.3. The summed E-state index contributed by atoms with van der Waals surface area (Å²) in [5.74, 6) is -0.409. The summed E-state index contributed by atoms with van der Waals surface area (Å²) >= 11 is 9.97. The molecule has 0 spiro atoms. The normalized spacial score (nSPS) is 17.8. The molecule has 9 nitrogen and oxygen atoms in total. The summed E-state index contributed by atoms with van der Waals surface area (Å²) in [6.45, 7) is 5.61. The van der Waals surface area contributed by atoms with Crippen LogP contribution in [0.5, 0.6) is 5.75 Å². The van der Waals surface area contributed by atoms with Crippen LogP contribution in [0.4, 0.5) is 16.0 Å². The maximum Gasteiger partial charge on any atom is 0.243 e. The first kappa shape index (κ1) is 23.1. The lowest BCUT2D eigenvalue weighted by Crippen LogP contribution is -2.36. The molecule has 2 aromatic rings. The van der Waals surface area contributed by atoms with Gasteiger partial charge < -0.3 is 19.5 Å². The van der Waals surface area contributed by atoms with E-state index >= 15 is 0 Å². The van der Waals surface area contributed by atoms with Crippen LogP contribution >= 0.6 is 27.5 Å². The molecule has 2 aliphatic heterocycles. The van der Waals surface area contributed by atoms with Gasteiger partial charge in [0.15, 0.2) is 5.82 Å². The number of rotatable bonds is 6. The first-order chi connectivity index (χ1) is 15.5. The van der Waals surface area contributed by atoms with Crippen LogP contribution in [-0.2, 0) is 16.0 Å². The minimum atomic E-state index is -0.474. The van der Waals surface area contributed by atoms with Gasteiger partial charge in [0.2, 0.25) is 5.95 Å². The molecule has 0 radical (unpaired) electrons. The lowest BCUT2D eigenvalue weighted by Gasteiger charge is -2.30. The average Bonchev–Trinajstić information content (AvgIpc) is 2.80. The molecule has 2 saturated heterocycles. The molecule has 2 fully saturated rings. The Balaban J connectivity index is 1.46. The maximum absolute atomic E-state index is 14.1. The fourth-order valence-electron chi connectivity index (χ4n) is 3.49. The Morgan fingerprint density at radius 1 is 1.22 bits per heavy atom. The van der Waals surface area contributed by atoms with Gasteiger partial charge in [-0.2, -0.15) is 5.10 Å². The number of ether oxygens (including phenoxy) is 2. The van der Waals surface area contributed by atoms with Gasteiger partial charge in [-0.05, 0) is 22.0 Å². The molecule has 12 heteroatoms. The number of anilines is 2. The number of nitrogens with zero attached hydrogens (tertiary/aromatic N) is 5. The van der Waals surface area contributed by atoms with E-state index in [4.69, 9.17) is 21.1 Å². The van der Waals surface area contributed by atoms with E-state index < -0.39 is 5.82 Å². The Bertz CT molecular complexity index is 986. The molecule has 172 valence electrons. The van der Waals surface area contributed by atoms with Crippen molar-refractivity contribution in [1.29, 1.82) is 0 Å². The molecule has 3 heterocycles. The van der Waals surface area contributed by atoms with Gasteiger partial charge in [-0.3, -0.25) is 4.90 Å². The minimum absolute atomic E-state index is 0.0880. The Hall–Kier alpha value is -2.05. The zero-order valence-corrected chi connectivity index (χ0v) is 19.6. The molecule has 0 amide bonds. The van der Waals surface area contributed by atoms with Crippen LogP contribution in [0.15, 0.2) is 21.8 Å². The predicted octanol–water partition coefficient (Wildman–Crippen LogP) is 2.85. The SMILES string of the molecule is Oc1c(/C=N\Nc2ncc(F)c(CN3CCOCC3)n2)cc(Br)c(N2CCOCC2)c1Cl. The van der Waals surface area contributed by atoms with Gasteiger partial charge >= 0.3 is 0 Å². The van der Waals surface area contributed by atoms with Crippen molar-refractivity contribution in [3.8, 4) is 5.75 Å². The molecule has 1 aromatic heterocycles. The zero-order chi connectivity index (χ0) is 22.5. The molecule has 0 bridgehead atoms. The fraction of sp³-hybridized carbons (Fsp3) is 0.450. The van der Waals surface area contributed by atoms with Crippen molar-refractivity contribution >= 4 is 45.4 Å². The Morgan fingerprint density at radius 3 is 2.62 bits per heavy atom. The van der Waals surface area contributed by atoms with E-state index in [0.29, 0.717) is 57.3 Å². The fourth-order valence-corrected chi connectivity index (χ4v) is 4.63. The minimum Gasteiger partial charge on any atom is -0.506 e. The standard InChI is InChI=1S/C20H23BrClFN6O3/c21-14-9-13(19(30)17(22)18(14)29-3-7-32-8-4-29)10-25-27-20-24-11-15(23)16(26-20)12-28-1-5-31-6-2-28/h9-11,30H,1-8,12H2,(H,24,26,27)/b25-10-. The van der Waals surface area contributed by atoms with Gasteiger partial charge in [0, 0.05) is 42.8 Å². The predicted molar refractivity (Wildman–Crippen MR) is 123 cm³/mol. The highest BCUT2D eigenvalue weighted by Crippen LogP contribution is 2.42. The second-order valence-electron chi connectivity index (χ2n) is 7.30. The number of nitrogens with one attached hydrogen (secondary N) is 1. The lowest BCUT2D eigenvalue weighted by atomic mass is 10.1. The van der Waals surface area contributed by atoms with Crippen molar-refractivity contribution < 1.29 is 19.0 Å². The van der Waals surface area contributed by atoms with Crippen molar-refractivity contribution in [3.63, 3.8) is 0 Å². The lowest BCUT2D eigenvalue weighted by molar-refractivity contribution is 0.0331. The summed E-state index contributed by atoms with van der Waals surface area (Å²) in [5, 5.41) is 14.9. The van der Waals surface area contributed by atoms with E-state index in [1.54, 1.807) is 6.07 Å². The second-order valence-corrected chi connectivity index (χ2v) is 8.54. The number of benzene rings is 1. The van der Waals surface area contributed by atoms with Crippen LogP contribution < -0.4 is 10.3 Å². The molecule has 0 unspecified atom stereocenters. The molecule has 0 saturated carbocycles. The number of morpholine rings is 2. The van der Waals surface area contributed by atoms with E-state index in [1.807, 2.05) is 0 Å². The number of aromatic nitrogens is 2. The number of hydrogen-bond donors (Lipinski definition) is 2. The highest BCUT2D eigenvalue weighted by Gasteiger charge is 2.21. The van der Waals surface area contributed by atoms with Crippen LogP contribution in [0.2, 0.25) is 5.02 Å². The number of hydrazone groups is 1. The van der Waals surface area contributed by atoms with Gasteiger partial charge in [0.05, 0.1) is 50.2 Å². The number of hydrogen-bond acceptors (Lipinski definition) is 9. The van der Waals surface area contributed by atoms with E-state index in [2.05, 4.69) is 46.2 Å². The molecule has 0 atom stereocenters. The molecular weight excluding hydrogens is 507 g/mol. The number of aromatic hydroxyl groups is 1. The monoisotopic (exact) mass is 528 g/mol. The third kappa shape index (κ3) is 5.46. The van der Waals surface area contributed by atoms with E-state index in [0.717, 1.165) is 23.8 Å². The van der Waals surface area contributed by atoms with E-state index in [-0.39, 0.29) is 22.4 Å². The van der Waals surface area contributed by atoms with Crippen molar-refractivity contribution in [1.82, 2.24) is 14.9 Å². The van der Waals surface area contributed by atoms with Gasteiger partial charge in [0.1, 0.15) is 10.8 Å². The molecular formula is C20H23BrClFN6O3. The summed E-state index contributed by atoms with van der Waals surface area (Å²) in [5.41, 5.74) is 4.08. The van der Waals surface area contributed by atoms with E-state index in [1.165, 1.54) is 6.21 Å². The second kappa shape index (κ2) is 10.7. The Kier molecular flexibility index (Phi) is 7.74. The molecule has 32 heavy (non-hydrogen) atoms. The number of phenolic OH excluding ortho intramolecular Hbond substituents is 1. The van der Waals surface area contributed by atoms with Gasteiger partial charge in [0.25, 0.3) is 0 Å². The summed E-state index contributed by atoms with van der Waals surface area (Å²) in [7, 11) is 0. The Labute approximate surface area is 198 Å². The molecule has 2 aliphatic rings. The van der Waals surface area contributed by atoms with Gasteiger partial charge in [-0.1, -0.05) is 11.6 Å². The van der Waals surface area contributed by atoms with Crippen LogP contribution in [0.25, 0.3) is 0 Å². The third-order valence-corrected chi connectivity index (χ3v) is 6.15. The molecule has 2 N–H and O–H groups in total. The van der Waals surface area contributed by atoms with Crippen LogP contribution in [0.3, 0.4) is 0 Å². The van der Waals surface area contributed by atoms with Gasteiger partial charge in [-0.25, -0.2) is 19.8 Å². The van der Waals surface area contributed by atoms with Crippen LogP contribution in [0.1, 0.15) is 11.3 Å². The average molecular weight is 530 g/mol. The maximum atomic E-state index is 14.1. The van der Waals surface area contributed by atoms with Crippen molar-refractivity contribution in [2.45, 2.75) is 6.54 Å². The summed E-state index contributed by atoms with van der Waals surface area (Å²) in [6, 6.07) is 1.73. The highest BCUT2D eigenvalue weighted by atomic mass is 79.9. The van der Waals surface area contributed by atoms with Gasteiger partial charge in [-0.15, -0.1) is 0 Å². The summed E-state index contributed by atoms with van der Waals surface area (Å²) < 4.78 is 25.5. The van der Waals surface area contributed by atoms with E-state index in [9.17, 15) is 9.50 Å². The highest BCUT2D eigenvalue weighted by molar-refractivity contribution is 9.10. The van der Waals surface area contributed by atoms with Crippen molar-refractivity contribution in [2.75, 3.05) is 62.9 Å². The summed E-state index contributed by atoms with van der Waals surface area (Å²) in [4.78, 5) is 12.3. The largest absolute Gasteiger partial charge is 0.506 e. The number of phenols is 1. The van der Waals surface area contributed by atoms with Crippen LogP contribution in [0, 0.1) is 5.82 Å². The van der Waals surface area contributed by atoms with Crippen LogP contribution in [-0.4, -0.2) is 78.8 Å².